The quantitative estimate of drug-likeness (QED) is 0.474. The van der Waals surface area contributed by atoms with E-state index in [0.29, 0.717) is 22.0 Å². The molecule has 2 amide bonds. The molecule has 0 radical (unpaired) electrons. The minimum atomic E-state index is -0.371. The molecule has 0 spiro atoms. The lowest BCUT2D eigenvalue weighted by molar-refractivity contribution is -0.131. The van der Waals surface area contributed by atoms with Crippen molar-refractivity contribution in [1.29, 1.82) is 0 Å². The number of nitrogens with zero attached hydrogens (tertiary/aromatic N) is 2. The zero-order chi connectivity index (χ0) is 23.1. The first-order valence-electron chi connectivity index (χ1n) is 10.2. The van der Waals surface area contributed by atoms with E-state index in [4.69, 9.17) is 35.4 Å². The van der Waals surface area contributed by atoms with Gasteiger partial charge in [0.2, 0.25) is 11.8 Å². The number of piperazine rings is 1. The van der Waals surface area contributed by atoms with Crippen LogP contribution in [0.3, 0.4) is 0 Å². The van der Waals surface area contributed by atoms with E-state index in [2.05, 4.69) is 15.5 Å². The Balaban J connectivity index is 1.48. The molecular formula is C23H24Cl2N4O2S. The standard InChI is InChI=1S/C23H24Cl2N4O2S/c1-2-22(31)29-13-11-28(12-14-29)19-8-6-18(7-9-19)26-23(32)27-21(30)10-4-16-3-5-17(24)15-20(16)25/h3-10,15H,2,11-14H2,1H3,(H2,26,27,30,32)/b10-4+. The first-order valence-corrected chi connectivity index (χ1v) is 11.4. The molecule has 0 unspecified atom stereocenters. The number of halogens is 2. The van der Waals surface area contributed by atoms with Crippen molar-refractivity contribution in [3.63, 3.8) is 0 Å². The average molecular weight is 491 g/mol. The smallest absolute Gasteiger partial charge is 0.250 e. The van der Waals surface area contributed by atoms with Gasteiger partial charge in [-0.15, -0.1) is 0 Å². The Hall–Kier alpha value is -2.61. The number of anilines is 2. The van der Waals surface area contributed by atoms with Crippen LogP contribution in [0.2, 0.25) is 10.0 Å². The first-order chi connectivity index (χ1) is 15.4. The van der Waals surface area contributed by atoms with Crippen LogP contribution in [0, 0.1) is 0 Å². The van der Waals surface area contributed by atoms with Crippen LogP contribution < -0.4 is 15.5 Å². The van der Waals surface area contributed by atoms with E-state index >= 15 is 0 Å². The summed E-state index contributed by atoms with van der Waals surface area (Å²) in [5.41, 5.74) is 2.53. The summed E-state index contributed by atoms with van der Waals surface area (Å²) in [6, 6.07) is 12.8. The van der Waals surface area contributed by atoms with E-state index in [9.17, 15) is 9.59 Å². The predicted octanol–water partition coefficient (Wildman–Crippen LogP) is 4.58. The van der Waals surface area contributed by atoms with Gasteiger partial charge in [0, 0.05) is 60.1 Å². The molecule has 1 fully saturated rings. The average Bonchev–Trinajstić information content (AvgIpc) is 2.78. The number of rotatable bonds is 5. The normalized spacial score (nSPS) is 13.8. The highest BCUT2D eigenvalue weighted by Crippen LogP contribution is 2.22. The molecule has 9 heteroatoms. The summed E-state index contributed by atoms with van der Waals surface area (Å²) in [7, 11) is 0. The predicted molar refractivity (Wildman–Crippen MR) is 135 cm³/mol. The Bertz CT molecular complexity index is 1020. The summed E-state index contributed by atoms with van der Waals surface area (Å²) < 4.78 is 0. The summed E-state index contributed by atoms with van der Waals surface area (Å²) in [5, 5.41) is 6.79. The van der Waals surface area contributed by atoms with Gasteiger partial charge in [-0.1, -0.05) is 36.2 Å². The van der Waals surface area contributed by atoms with Crippen LogP contribution in [-0.4, -0.2) is 48.0 Å². The van der Waals surface area contributed by atoms with Gasteiger partial charge in [-0.05, 0) is 60.3 Å². The Morgan fingerprint density at radius 2 is 1.75 bits per heavy atom. The second-order valence-electron chi connectivity index (χ2n) is 7.21. The lowest BCUT2D eigenvalue weighted by atomic mass is 10.2. The maximum Gasteiger partial charge on any atom is 0.250 e. The van der Waals surface area contributed by atoms with Crippen LogP contribution in [0.5, 0.6) is 0 Å². The molecule has 1 aliphatic rings. The zero-order valence-corrected chi connectivity index (χ0v) is 19.9. The molecule has 0 aliphatic carbocycles. The molecule has 0 atom stereocenters. The minimum absolute atomic E-state index is 0.196. The number of hydrogen-bond acceptors (Lipinski definition) is 4. The van der Waals surface area contributed by atoms with E-state index < -0.39 is 0 Å². The third-order valence-corrected chi connectivity index (χ3v) is 5.81. The number of amides is 2. The van der Waals surface area contributed by atoms with Crippen molar-refractivity contribution in [3.8, 4) is 0 Å². The van der Waals surface area contributed by atoms with Gasteiger partial charge in [0.25, 0.3) is 0 Å². The highest BCUT2D eigenvalue weighted by Gasteiger charge is 2.20. The number of carbonyl (C=O) groups is 2. The molecule has 2 N–H and O–H groups in total. The zero-order valence-electron chi connectivity index (χ0n) is 17.6. The number of benzene rings is 2. The molecule has 2 aromatic rings. The largest absolute Gasteiger partial charge is 0.368 e. The second-order valence-corrected chi connectivity index (χ2v) is 8.46. The van der Waals surface area contributed by atoms with Gasteiger partial charge < -0.3 is 15.1 Å². The molecule has 168 valence electrons. The lowest BCUT2D eigenvalue weighted by Gasteiger charge is -2.36. The van der Waals surface area contributed by atoms with Crippen LogP contribution in [0.15, 0.2) is 48.5 Å². The summed E-state index contributed by atoms with van der Waals surface area (Å²) in [6.07, 6.45) is 3.50. The van der Waals surface area contributed by atoms with Crippen molar-refractivity contribution in [3.05, 3.63) is 64.1 Å². The number of nitrogens with one attached hydrogen (secondary N) is 2. The van der Waals surface area contributed by atoms with Crippen molar-refractivity contribution in [2.24, 2.45) is 0 Å². The molecule has 0 saturated carbocycles. The summed E-state index contributed by atoms with van der Waals surface area (Å²) >= 11 is 17.2. The van der Waals surface area contributed by atoms with Crippen LogP contribution in [0.25, 0.3) is 6.08 Å². The van der Waals surface area contributed by atoms with E-state index in [1.165, 1.54) is 6.08 Å². The molecule has 1 heterocycles. The van der Waals surface area contributed by atoms with Crippen molar-refractivity contribution in [1.82, 2.24) is 10.2 Å². The van der Waals surface area contributed by atoms with E-state index in [1.54, 1.807) is 24.3 Å². The highest BCUT2D eigenvalue weighted by atomic mass is 35.5. The monoisotopic (exact) mass is 490 g/mol. The molecule has 1 aliphatic heterocycles. The van der Waals surface area contributed by atoms with Crippen molar-refractivity contribution < 1.29 is 9.59 Å². The van der Waals surface area contributed by atoms with Gasteiger partial charge in [-0.25, -0.2) is 0 Å². The summed E-state index contributed by atoms with van der Waals surface area (Å²) in [4.78, 5) is 28.1. The highest BCUT2D eigenvalue weighted by molar-refractivity contribution is 7.80. The van der Waals surface area contributed by atoms with Crippen LogP contribution in [0.1, 0.15) is 18.9 Å². The molecule has 3 rings (SSSR count). The van der Waals surface area contributed by atoms with Crippen LogP contribution >= 0.6 is 35.4 Å². The molecule has 1 saturated heterocycles. The first kappa shape index (κ1) is 24.0. The summed E-state index contributed by atoms with van der Waals surface area (Å²) in [5.74, 6) is -0.171. The molecule has 0 bridgehead atoms. The van der Waals surface area contributed by atoms with Gasteiger partial charge in [0.1, 0.15) is 0 Å². The third kappa shape index (κ3) is 6.69. The Kier molecular flexibility index (Phi) is 8.50. The SMILES string of the molecule is CCC(=O)N1CCN(c2ccc(NC(=S)NC(=O)/C=C/c3ccc(Cl)cc3Cl)cc2)CC1. The van der Waals surface area contributed by atoms with Crippen LogP contribution in [-0.2, 0) is 9.59 Å². The van der Waals surface area contributed by atoms with Crippen molar-refractivity contribution in [2.75, 3.05) is 36.4 Å². The van der Waals surface area contributed by atoms with E-state index in [-0.39, 0.29) is 16.9 Å². The Morgan fingerprint density at radius 3 is 2.38 bits per heavy atom. The van der Waals surface area contributed by atoms with Gasteiger partial charge in [0.15, 0.2) is 5.11 Å². The number of thiocarbonyl (C=S) groups is 1. The Labute approximate surface area is 203 Å². The molecular weight excluding hydrogens is 467 g/mol. The lowest BCUT2D eigenvalue weighted by Crippen LogP contribution is -2.48. The van der Waals surface area contributed by atoms with Gasteiger partial charge in [-0.3, -0.25) is 14.9 Å². The van der Waals surface area contributed by atoms with Crippen molar-refractivity contribution >= 4 is 69.8 Å². The second kappa shape index (κ2) is 11.3. The molecule has 32 heavy (non-hydrogen) atoms. The van der Waals surface area contributed by atoms with Crippen LogP contribution in [0.4, 0.5) is 11.4 Å². The Morgan fingerprint density at radius 1 is 1.06 bits per heavy atom. The van der Waals surface area contributed by atoms with Crippen molar-refractivity contribution in [2.45, 2.75) is 13.3 Å². The maximum atomic E-state index is 12.1. The third-order valence-electron chi connectivity index (χ3n) is 5.04. The number of hydrogen-bond donors (Lipinski definition) is 2. The topological polar surface area (TPSA) is 64.7 Å². The molecule has 6 nitrogen and oxygen atoms in total. The van der Waals surface area contributed by atoms with Gasteiger partial charge >= 0.3 is 0 Å². The summed E-state index contributed by atoms with van der Waals surface area (Å²) in [6.45, 7) is 4.96. The van der Waals surface area contributed by atoms with E-state index in [0.717, 1.165) is 37.6 Å². The molecule has 2 aromatic carbocycles. The van der Waals surface area contributed by atoms with E-state index in [1.807, 2.05) is 36.1 Å². The fourth-order valence-corrected chi connectivity index (χ4v) is 4.00. The fraction of sp³-hybridized carbons (Fsp3) is 0.261. The maximum absolute atomic E-state index is 12.1. The van der Waals surface area contributed by atoms with Gasteiger partial charge in [-0.2, -0.15) is 0 Å². The number of carbonyl (C=O) groups excluding carboxylic acids is 2. The van der Waals surface area contributed by atoms with Gasteiger partial charge in [0.05, 0.1) is 0 Å². The fourth-order valence-electron chi connectivity index (χ4n) is 3.31. The molecule has 0 aromatic heterocycles. The minimum Gasteiger partial charge on any atom is -0.368 e.